The van der Waals surface area contributed by atoms with Crippen molar-refractivity contribution < 1.29 is 14.4 Å². The van der Waals surface area contributed by atoms with E-state index in [-0.39, 0.29) is 29.2 Å². The minimum absolute atomic E-state index is 0.0324. The van der Waals surface area contributed by atoms with Gasteiger partial charge in [0, 0.05) is 36.9 Å². The lowest BCUT2D eigenvalue weighted by Crippen LogP contribution is -2.42. The molecule has 0 saturated carbocycles. The molecule has 6 nitrogen and oxygen atoms in total. The number of carbonyl (C=O) groups excluding carboxylic acids is 3. The summed E-state index contributed by atoms with van der Waals surface area (Å²) in [4.78, 5) is 43.9. The number of nitrogens with zero attached hydrogens (tertiary/aromatic N) is 2. The summed E-state index contributed by atoms with van der Waals surface area (Å²) in [7, 11) is 0. The van der Waals surface area contributed by atoms with Crippen LogP contribution < -0.4 is 5.32 Å². The molecule has 0 unspecified atom stereocenters. The Kier molecular flexibility index (Phi) is 7.10. The second-order valence-corrected chi connectivity index (χ2v) is 8.87. The van der Waals surface area contributed by atoms with Gasteiger partial charge in [-0.1, -0.05) is 48.5 Å². The summed E-state index contributed by atoms with van der Waals surface area (Å²) in [6.07, 6.45) is 3.25. The van der Waals surface area contributed by atoms with Crippen molar-refractivity contribution in [3.05, 3.63) is 93.6 Å². The van der Waals surface area contributed by atoms with E-state index in [0.717, 1.165) is 23.4 Å². The fraction of sp³-hybridized carbons (Fsp3) is 0.231. The lowest BCUT2D eigenvalue weighted by atomic mass is 9.97. The lowest BCUT2D eigenvalue weighted by molar-refractivity contribution is -0.128. The Hall–Kier alpha value is -3.58. The standard InChI is InChI=1S/C26H25N3O3S/c1-18(30)23-17-33-25(28-23)21-12-14-29(15-13-21)26(32)22(16-19-8-4-2-5-9-19)27-24(31)20-10-6-3-7-11-20/h2-11,16-17,21H,12-15H2,1H3,(H,27,31)/b22-16-. The van der Waals surface area contributed by atoms with Crippen LogP contribution in [-0.2, 0) is 4.79 Å². The van der Waals surface area contributed by atoms with Crippen LogP contribution in [-0.4, -0.2) is 40.6 Å². The zero-order valence-corrected chi connectivity index (χ0v) is 19.2. The van der Waals surface area contributed by atoms with Crippen LogP contribution >= 0.6 is 11.3 Å². The van der Waals surface area contributed by atoms with Crippen molar-refractivity contribution in [2.45, 2.75) is 25.7 Å². The highest BCUT2D eigenvalue weighted by Crippen LogP contribution is 2.31. The number of carbonyl (C=O) groups is 3. The molecule has 0 atom stereocenters. The van der Waals surface area contributed by atoms with Crippen LogP contribution in [0.1, 0.15) is 57.1 Å². The number of nitrogens with one attached hydrogen (secondary N) is 1. The van der Waals surface area contributed by atoms with Crippen LogP contribution in [0.4, 0.5) is 0 Å². The number of likely N-dealkylation sites (tertiary alicyclic amines) is 1. The average Bonchev–Trinajstić information content (AvgIpc) is 3.35. The molecular formula is C26H25N3O3S. The van der Waals surface area contributed by atoms with Crippen LogP contribution in [0.3, 0.4) is 0 Å². The monoisotopic (exact) mass is 459 g/mol. The third-order valence-electron chi connectivity index (χ3n) is 5.64. The molecule has 2 heterocycles. The number of amides is 2. The molecule has 1 N–H and O–H groups in total. The number of benzene rings is 2. The Bertz CT molecular complexity index is 1160. The number of aromatic nitrogens is 1. The van der Waals surface area contributed by atoms with Gasteiger partial charge in [0.05, 0.1) is 5.01 Å². The number of piperidine rings is 1. The Labute approximate surface area is 197 Å². The van der Waals surface area contributed by atoms with Gasteiger partial charge in [-0.2, -0.15) is 0 Å². The molecule has 0 radical (unpaired) electrons. The van der Waals surface area contributed by atoms with Crippen LogP contribution in [0.15, 0.2) is 71.7 Å². The molecule has 1 aliphatic rings. The number of Topliss-reactive ketones (excluding diaryl/α,β-unsaturated/α-hetero) is 1. The maximum absolute atomic E-state index is 13.4. The molecule has 0 aliphatic carbocycles. The second kappa shape index (κ2) is 10.4. The summed E-state index contributed by atoms with van der Waals surface area (Å²) in [5.41, 5.74) is 2.09. The van der Waals surface area contributed by atoms with E-state index in [2.05, 4.69) is 10.3 Å². The molecule has 0 bridgehead atoms. The topological polar surface area (TPSA) is 79.4 Å². The third kappa shape index (κ3) is 5.62. The molecule has 33 heavy (non-hydrogen) atoms. The predicted octanol–water partition coefficient (Wildman–Crippen LogP) is 4.52. The van der Waals surface area contributed by atoms with Gasteiger partial charge in [0.2, 0.25) is 0 Å². The van der Waals surface area contributed by atoms with Crippen LogP contribution in [0.25, 0.3) is 6.08 Å². The maximum atomic E-state index is 13.4. The van der Waals surface area contributed by atoms with Crippen LogP contribution in [0, 0.1) is 0 Å². The van der Waals surface area contributed by atoms with Gasteiger partial charge in [0.1, 0.15) is 11.4 Å². The lowest BCUT2D eigenvalue weighted by Gasteiger charge is -2.31. The first kappa shape index (κ1) is 22.6. The van der Waals surface area contributed by atoms with Crippen molar-refractivity contribution in [2.75, 3.05) is 13.1 Å². The molecule has 2 amide bonds. The molecule has 1 fully saturated rings. The van der Waals surface area contributed by atoms with E-state index in [4.69, 9.17) is 0 Å². The van der Waals surface area contributed by atoms with Gasteiger partial charge >= 0.3 is 0 Å². The first-order chi connectivity index (χ1) is 16.0. The molecule has 1 aliphatic heterocycles. The van der Waals surface area contributed by atoms with Crippen molar-refractivity contribution in [1.29, 1.82) is 0 Å². The second-order valence-electron chi connectivity index (χ2n) is 7.98. The molecule has 0 spiro atoms. The van der Waals surface area contributed by atoms with E-state index in [1.165, 1.54) is 18.3 Å². The van der Waals surface area contributed by atoms with Gasteiger partial charge in [-0.3, -0.25) is 14.4 Å². The zero-order valence-electron chi connectivity index (χ0n) is 18.4. The Balaban J connectivity index is 1.48. The van der Waals surface area contributed by atoms with Gasteiger partial charge in [0.25, 0.3) is 11.8 Å². The molecule has 7 heteroatoms. The Morgan fingerprint density at radius 2 is 1.64 bits per heavy atom. The van der Waals surface area contributed by atoms with Crippen LogP contribution in [0.2, 0.25) is 0 Å². The van der Waals surface area contributed by atoms with E-state index in [1.54, 1.807) is 40.6 Å². The smallest absolute Gasteiger partial charge is 0.270 e. The Morgan fingerprint density at radius 1 is 1.00 bits per heavy atom. The van der Waals surface area contributed by atoms with Gasteiger partial charge in [0.15, 0.2) is 5.78 Å². The molecule has 1 aromatic heterocycles. The van der Waals surface area contributed by atoms with Gasteiger partial charge < -0.3 is 10.2 Å². The number of rotatable bonds is 6. The molecular weight excluding hydrogens is 434 g/mol. The van der Waals surface area contributed by atoms with Crippen LogP contribution in [0.5, 0.6) is 0 Å². The number of ketones is 1. The number of hydrogen-bond acceptors (Lipinski definition) is 5. The Morgan fingerprint density at radius 3 is 2.24 bits per heavy atom. The van der Waals surface area contributed by atoms with Gasteiger partial charge in [-0.15, -0.1) is 11.3 Å². The number of hydrogen-bond donors (Lipinski definition) is 1. The van der Waals surface area contributed by atoms with Crippen molar-refractivity contribution in [2.24, 2.45) is 0 Å². The highest BCUT2D eigenvalue weighted by atomic mass is 32.1. The van der Waals surface area contributed by atoms with Crippen molar-refractivity contribution in [3.8, 4) is 0 Å². The van der Waals surface area contributed by atoms with E-state index in [9.17, 15) is 14.4 Å². The summed E-state index contributed by atoms with van der Waals surface area (Å²) in [5, 5.41) is 5.57. The first-order valence-corrected chi connectivity index (χ1v) is 11.8. The first-order valence-electron chi connectivity index (χ1n) is 10.9. The molecule has 1 saturated heterocycles. The third-order valence-corrected chi connectivity index (χ3v) is 6.65. The normalized spacial score (nSPS) is 14.7. The van der Waals surface area contributed by atoms with E-state index in [0.29, 0.717) is 24.3 Å². The maximum Gasteiger partial charge on any atom is 0.270 e. The molecule has 168 valence electrons. The minimum atomic E-state index is -0.319. The average molecular weight is 460 g/mol. The SMILES string of the molecule is CC(=O)c1csc(C2CCN(C(=O)/C(=C/c3ccccc3)NC(=O)c3ccccc3)CC2)n1. The van der Waals surface area contributed by atoms with Crippen molar-refractivity contribution >= 4 is 35.0 Å². The van der Waals surface area contributed by atoms with E-state index < -0.39 is 0 Å². The van der Waals surface area contributed by atoms with Gasteiger partial charge in [-0.25, -0.2) is 4.98 Å². The number of thiazole rings is 1. The summed E-state index contributed by atoms with van der Waals surface area (Å²) in [5.74, 6) is -0.326. The van der Waals surface area contributed by atoms with Crippen molar-refractivity contribution in [1.82, 2.24) is 15.2 Å². The quantitative estimate of drug-likeness (QED) is 0.434. The highest BCUT2D eigenvalue weighted by molar-refractivity contribution is 7.09. The summed E-state index contributed by atoms with van der Waals surface area (Å²) in [6, 6.07) is 18.3. The largest absolute Gasteiger partial charge is 0.337 e. The highest BCUT2D eigenvalue weighted by Gasteiger charge is 2.28. The summed E-state index contributed by atoms with van der Waals surface area (Å²) < 4.78 is 0. The fourth-order valence-corrected chi connectivity index (χ4v) is 4.82. The molecule has 3 aromatic rings. The van der Waals surface area contributed by atoms with E-state index in [1.807, 2.05) is 36.4 Å². The van der Waals surface area contributed by atoms with Crippen molar-refractivity contribution in [3.63, 3.8) is 0 Å². The molecule has 4 rings (SSSR count). The molecule has 2 aromatic carbocycles. The zero-order chi connectivity index (χ0) is 23.2. The minimum Gasteiger partial charge on any atom is -0.337 e. The fourth-order valence-electron chi connectivity index (χ4n) is 3.79. The summed E-state index contributed by atoms with van der Waals surface area (Å²) >= 11 is 1.50. The van der Waals surface area contributed by atoms with Gasteiger partial charge in [-0.05, 0) is 36.6 Å². The van der Waals surface area contributed by atoms with E-state index >= 15 is 0 Å². The summed E-state index contributed by atoms with van der Waals surface area (Å²) in [6.45, 7) is 2.64. The predicted molar refractivity (Wildman–Crippen MR) is 129 cm³/mol.